The lowest BCUT2D eigenvalue weighted by Crippen LogP contribution is -2.02. The summed E-state index contributed by atoms with van der Waals surface area (Å²) in [5, 5.41) is 0. The van der Waals surface area contributed by atoms with Gasteiger partial charge in [0.05, 0.1) is 13.2 Å². The third-order valence-corrected chi connectivity index (χ3v) is 0.405. The molecule has 0 spiro atoms. The first-order valence-corrected chi connectivity index (χ1v) is 1.51. The van der Waals surface area contributed by atoms with E-state index in [1.807, 2.05) is 0 Å². The van der Waals surface area contributed by atoms with Gasteiger partial charge in [-0.2, -0.15) is 5.48 Å². The summed E-state index contributed by atoms with van der Waals surface area (Å²) in [6.07, 6.45) is 0. The minimum atomic E-state index is 0.667. The molecule has 0 bridgehead atoms. The Morgan fingerprint density at radius 2 is 2.60 bits per heavy atom. The summed E-state index contributed by atoms with van der Waals surface area (Å²) in [5.74, 6) is 0. The standard InChI is InChI=1S/C2H5NO2/c1-2-4-5-3-1/h3H,1-2H2. The first kappa shape index (κ1) is 3.08. The van der Waals surface area contributed by atoms with Gasteiger partial charge in [0.2, 0.25) is 0 Å². The van der Waals surface area contributed by atoms with Crippen molar-refractivity contribution in [2.75, 3.05) is 13.2 Å². The molecule has 30 valence electrons. The SMILES string of the molecule is C1COON1. The Bertz CT molecular complexity index is 19.2. The van der Waals surface area contributed by atoms with Crippen LogP contribution in [0.1, 0.15) is 0 Å². The van der Waals surface area contributed by atoms with Crippen LogP contribution >= 0.6 is 0 Å². The zero-order valence-electron chi connectivity index (χ0n) is 2.73. The molecular formula is C2H5NO2. The molecule has 0 radical (unpaired) electrons. The predicted octanol–water partition coefficient (Wildman–Crippen LogP) is -0.547. The Morgan fingerprint density at radius 3 is 2.80 bits per heavy atom. The summed E-state index contributed by atoms with van der Waals surface area (Å²) in [5.41, 5.74) is 2.50. The molecule has 1 aliphatic rings. The Balaban J connectivity index is 2.08. The number of hydroxylamine groups is 1. The molecule has 0 atom stereocenters. The van der Waals surface area contributed by atoms with Crippen molar-refractivity contribution in [3.05, 3.63) is 0 Å². The van der Waals surface area contributed by atoms with E-state index in [1.165, 1.54) is 0 Å². The van der Waals surface area contributed by atoms with Crippen molar-refractivity contribution in [3.63, 3.8) is 0 Å². The third-order valence-electron chi connectivity index (χ3n) is 0.405. The van der Waals surface area contributed by atoms with Crippen molar-refractivity contribution >= 4 is 0 Å². The Kier molecular flexibility index (Phi) is 0.834. The fourth-order valence-corrected chi connectivity index (χ4v) is 0.208. The molecule has 3 heteroatoms. The molecule has 1 rings (SSSR count). The Morgan fingerprint density at radius 1 is 1.60 bits per heavy atom. The van der Waals surface area contributed by atoms with Crippen LogP contribution in [-0.4, -0.2) is 13.2 Å². The van der Waals surface area contributed by atoms with Gasteiger partial charge in [-0.3, -0.25) is 0 Å². The molecule has 0 aliphatic carbocycles. The van der Waals surface area contributed by atoms with Crippen molar-refractivity contribution in [1.82, 2.24) is 5.48 Å². The van der Waals surface area contributed by atoms with E-state index in [0.717, 1.165) is 6.54 Å². The highest BCUT2D eigenvalue weighted by Crippen LogP contribution is 1.78. The maximum atomic E-state index is 4.33. The van der Waals surface area contributed by atoms with Crippen molar-refractivity contribution in [2.45, 2.75) is 0 Å². The smallest absolute Gasteiger partial charge is 0.0991 e. The molecule has 0 aromatic carbocycles. The summed E-state index contributed by atoms with van der Waals surface area (Å²) in [7, 11) is 0. The van der Waals surface area contributed by atoms with Crippen LogP contribution in [0.4, 0.5) is 0 Å². The highest BCUT2D eigenvalue weighted by atomic mass is 17.3. The second-order valence-electron chi connectivity index (χ2n) is 0.800. The van der Waals surface area contributed by atoms with Gasteiger partial charge in [0, 0.05) is 0 Å². The van der Waals surface area contributed by atoms with E-state index in [-0.39, 0.29) is 0 Å². The van der Waals surface area contributed by atoms with Crippen LogP contribution in [0.5, 0.6) is 0 Å². The van der Waals surface area contributed by atoms with E-state index in [0.29, 0.717) is 6.61 Å². The van der Waals surface area contributed by atoms with Crippen molar-refractivity contribution in [3.8, 4) is 0 Å². The van der Waals surface area contributed by atoms with Gasteiger partial charge in [-0.25, -0.2) is 4.89 Å². The first-order chi connectivity index (χ1) is 2.50. The molecule has 0 aromatic rings. The first-order valence-electron chi connectivity index (χ1n) is 1.51. The molecule has 0 unspecified atom stereocenters. The zero-order valence-corrected chi connectivity index (χ0v) is 2.73. The summed E-state index contributed by atoms with van der Waals surface area (Å²) in [6, 6.07) is 0. The number of nitrogens with one attached hydrogen (secondary N) is 1. The molecule has 1 N–H and O–H groups in total. The van der Waals surface area contributed by atoms with Crippen LogP contribution in [0.15, 0.2) is 0 Å². The van der Waals surface area contributed by atoms with Gasteiger partial charge in [0.1, 0.15) is 0 Å². The van der Waals surface area contributed by atoms with Gasteiger partial charge in [0.15, 0.2) is 0 Å². The number of hydrogen-bond acceptors (Lipinski definition) is 3. The highest BCUT2D eigenvalue weighted by Gasteiger charge is 1.94. The lowest BCUT2D eigenvalue weighted by molar-refractivity contribution is -0.285. The quantitative estimate of drug-likeness (QED) is 0.392. The summed E-state index contributed by atoms with van der Waals surface area (Å²) in [4.78, 5) is 8.53. The van der Waals surface area contributed by atoms with Crippen LogP contribution in [-0.2, 0) is 9.88 Å². The van der Waals surface area contributed by atoms with Gasteiger partial charge in [-0.05, 0) is 0 Å². The van der Waals surface area contributed by atoms with E-state index >= 15 is 0 Å². The van der Waals surface area contributed by atoms with Crippen LogP contribution in [0.25, 0.3) is 0 Å². The lowest BCUT2D eigenvalue weighted by Gasteiger charge is -1.77. The maximum absolute atomic E-state index is 4.33. The molecule has 0 aromatic heterocycles. The largest absolute Gasteiger partial charge is 0.217 e. The lowest BCUT2D eigenvalue weighted by atomic mass is 10.8. The molecule has 1 heterocycles. The van der Waals surface area contributed by atoms with Crippen molar-refractivity contribution < 1.29 is 9.88 Å². The monoisotopic (exact) mass is 75.0 g/mol. The van der Waals surface area contributed by atoms with Gasteiger partial charge in [0.25, 0.3) is 0 Å². The van der Waals surface area contributed by atoms with E-state index in [9.17, 15) is 0 Å². The van der Waals surface area contributed by atoms with E-state index < -0.39 is 0 Å². The van der Waals surface area contributed by atoms with E-state index in [2.05, 4.69) is 15.4 Å². The van der Waals surface area contributed by atoms with Crippen LogP contribution < -0.4 is 5.48 Å². The van der Waals surface area contributed by atoms with Gasteiger partial charge in [-0.1, -0.05) is 0 Å². The molecule has 1 saturated heterocycles. The second kappa shape index (κ2) is 1.35. The van der Waals surface area contributed by atoms with Crippen LogP contribution in [0.3, 0.4) is 0 Å². The fourth-order valence-electron chi connectivity index (χ4n) is 0.208. The maximum Gasteiger partial charge on any atom is 0.0991 e. The summed E-state index contributed by atoms with van der Waals surface area (Å²) in [6.45, 7) is 1.47. The topological polar surface area (TPSA) is 30.5 Å². The second-order valence-corrected chi connectivity index (χ2v) is 0.800. The molecule has 3 nitrogen and oxygen atoms in total. The Labute approximate surface area is 29.8 Å². The van der Waals surface area contributed by atoms with Gasteiger partial charge >= 0.3 is 0 Å². The van der Waals surface area contributed by atoms with Crippen molar-refractivity contribution in [1.29, 1.82) is 0 Å². The van der Waals surface area contributed by atoms with E-state index in [1.54, 1.807) is 0 Å². The molecular weight excluding hydrogens is 70.0 g/mol. The zero-order chi connectivity index (χ0) is 3.54. The number of rotatable bonds is 0. The van der Waals surface area contributed by atoms with Gasteiger partial charge < -0.3 is 0 Å². The average molecular weight is 75.1 g/mol. The Hall–Kier alpha value is -0.120. The average Bonchev–Trinajstić information content (AvgIpc) is 1.76. The third kappa shape index (κ3) is 0.576. The minimum absolute atomic E-state index is 0.667. The molecule has 5 heavy (non-hydrogen) atoms. The molecule has 0 amide bonds. The molecule has 0 saturated carbocycles. The van der Waals surface area contributed by atoms with E-state index in [4.69, 9.17) is 0 Å². The van der Waals surface area contributed by atoms with Crippen LogP contribution in [0, 0.1) is 0 Å². The molecule has 1 fully saturated rings. The number of hydrogen-bond donors (Lipinski definition) is 1. The normalized spacial score (nSPS) is 24.0. The minimum Gasteiger partial charge on any atom is -0.217 e. The predicted molar refractivity (Wildman–Crippen MR) is 15.0 cm³/mol. The van der Waals surface area contributed by atoms with Crippen LogP contribution in [0.2, 0.25) is 0 Å². The molecule has 1 aliphatic heterocycles. The van der Waals surface area contributed by atoms with Crippen molar-refractivity contribution in [2.24, 2.45) is 0 Å². The van der Waals surface area contributed by atoms with Gasteiger partial charge in [-0.15, -0.1) is 4.99 Å². The summed E-state index contributed by atoms with van der Waals surface area (Å²) >= 11 is 0. The highest BCUT2D eigenvalue weighted by molar-refractivity contribution is 4.28. The summed E-state index contributed by atoms with van der Waals surface area (Å²) < 4.78 is 0. The fraction of sp³-hybridized carbons (Fsp3) is 1.00.